The van der Waals surface area contributed by atoms with E-state index in [0.717, 1.165) is 12.1 Å². The maximum absolute atomic E-state index is 13.2. The van der Waals surface area contributed by atoms with Gasteiger partial charge >= 0.3 is 6.18 Å². The van der Waals surface area contributed by atoms with E-state index in [4.69, 9.17) is 11.6 Å². The normalized spacial score (nSPS) is 11.0. The van der Waals surface area contributed by atoms with Gasteiger partial charge in [-0.25, -0.2) is 0 Å². The van der Waals surface area contributed by atoms with Crippen LogP contribution in [0.2, 0.25) is 5.02 Å². The Morgan fingerprint density at radius 2 is 1.73 bits per heavy atom. The van der Waals surface area contributed by atoms with Crippen LogP contribution in [-0.4, -0.2) is 18.4 Å². The van der Waals surface area contributed by atoms with Crippen molar-refractivity contribution in [3.63, 3.8) is 0 Å². The molecule has 2 amide bonds. The maximum atomic E-state index is 13.2. The van der Waals surface area contributed by atoms with E-state index in [0.29, 0.717) is 10.7 Å². The van der Waals surface area contributed by atoms with Crippen LogP contribution in [0.25, 0.3) is 0 Å². The zero-order chi connectivity index (χ0) is 19.3. The highest BCUT2D eigenvalue weighted by Gasteiger charge is 2.34. The Hall–Kier alpha value is -2.74. The molecule has 0 heterocycles. The van der Waals surface area contributed by atoms with Gasteiger partial charge in [0.15, 0.2) is 0 Å². The molecule has 2 aromatic rings. The average molecular weight is 386 g/mol. The Labute approximate surface area is 152 Å². The number of hydrogen-bond acceptors (Lipinski definition) is 3. The fourth-order valence-electron chi connectivity index (χ4n) is 2.15. The molecule has 2 aromatic carbocycles. The van der Waals surface area contributed by atoms with Crippen molar-refractivity contribution in [1.29, 1.82) is 0 Å². The Bertz CT molecular complexity index is 825. The minimum Gasteiger partial charge on any atom is -0.376 e. The van der Waals surface area contributed by atoms with Gasteiger partial charge in [0.2, 0.25) is 11.8 Å². The lowest BCUT2D eigenvalue weighted by Gasteiger charge is -2.16. The van der Waals surface area contributed by atoms with Crippen molar-refractivity contribution in [1.82, 2.24) is 0 Å². The quantitative estimate of drug-likeness (QED) is 0.716. The van der Waals surface area contributed by atoms with Crippen LogP contribution in [0, 0.1) is 0 Å². The summed E-state index contributed by atoms with van der Waals surface area (Å²) in [4.78, 5) is 22.9. The second-order valence-corrected chi connectivity index (χ2v) is 5.73. The predicted molar refractivity (Wildman–Crippen MR) is 94.3 cm³/mol. The fraction of sp³-hybridized carbons (Fsp3) is 0.176. The van der Waals surface area contributed by atoms with Gasteiger partial charge in [-0.3, -0.25) is 9.59 Å². The van der Waals surface area contributed by atoms with E-state index in [9.17, 15) is 22.8 Å². The minimum atomic E-state index is -4.66. The topological polar surface area (TPSA) is 70.2 Å². The fourth-order valence-corrected chi connectivity index (χ4v) is 2.33. The summed E-state index contributed by atoms with van der Waals surface area (Å²) in [5.41, 5.74) is -0.899. The molecule has 5 nitrogen and oxygen atoms in total. The number of anilines is 3. The number of amides is 2. The highest BCUT2D eigenvalue weighted by atomic mass is 35.5. The summed E-state index contributed by atoms with van der Waals surface area (Å²) in [7, 11) is 0. The van der Waals surface area contributed by atoms with Crippen molar-refractivity contribution < 1.29 is 22.8 Å². The van der Waals surface area contributed by atoms with Crippen LogP contribution < -0.4 is 16.0 Å². The average Bonchev–Trinajstić information content (AvgIpc) is 2.54. The number of alkyl halides is 3. The van der Waals surface area contributed by atoms with Gasteiger partial charge in [0.25, 0.3) is 0 Å². The summed E-state index contributed by atoms with van der Waals surface area (Å²) in [5.74, 6) is -1.05. The summed E-state index contributed by atoms with van der Waals surface area (Å²) < 4.78 is 39.7. The SMILES string of the molecule is CC(=O)Nc1ccc(NCC(=O)Nc2ccccc2Cl)c(C(F)(F)F)c1. The molecule has 0 saturated carbocycles. The molecule has 0 saturated heterocycles. The Balaban J connectivity index is 2.12. The first-order valence-corrected chi connectivity index (χ1v) is 7.81. The Morgan fingerprint density at radius 1 is 1.04 bits per heavy atom. The number of rotatable bonds is 5. The molecule has 0 bridgehead atoms. The molecule has 0 radical (unpaired) electrons. The second kappa shape index (κ2) is 8.09. The number of carbonyl (C=O) groups is 2. The number of carbonyl (C=O) groups excluding carboxylic acids is 2. The predicted octanol–water partition coefficient (Wildman–Crippen LogP) is 4.37. The molecule has 0 aliphatic carbocycles. The van der Waals surface area contributed by atoms with Gasteiger partial charge in [0.1, 0.15) is 0 Å². The van der Waals surface area contributed by atoms with Gasteiger partial charge in [-0.1, -0.05) is 23.7 Å². The van der Waals surface area contributed by atoms with Crippen molar-refractivity contribution in [3.8, 4) is 0 Å². The first-order valence-electron chi connectivity index (χ1n) is 7.44. The summed E-state index contributed by atoms with van der Waals surface area (Å²) >= 11 is 5.91. The Morgan fingerprint density at radius 3 is 2.35 bits per heavy atom. The van der Waals surface area contributed by atoms with E-state index < -0.39 is 30.1 Å². The van der Waals surface area contributed by atoms with Gasteiger partial charge in [-0.2, -0.15) is 13.2 Å². The summed E-state index contributed by atoms with van der Waals surface area (Å²) in [5, 5.41) is 7.56. The number of para-hydroxylation sites is 1. The number of hydrogen-bond donors (Lipinski definition) is 3. The van der Waals surface area contributed by atoms with Gasteiger partial charge in [-0.05, 0) is 30.3 Å². The molecule has 26 heavy (non-hydrogen) atoms. The molecule has 0 spiro atoms. The van der Waals surface area contributed by atoms with Crippen LogP contribution >= 0.6 is 11.6 Å². The molecule has 2 rings (SSSR count). The van der Waals surface area contributed by atoms with Gasteiger partial charge in [0, 0.05) is 18.3 Å². The number of benzene rings is 2. The molecular formula is C17H15ClF3N3O2. The van der Waals surface area contributed by atoms with Crippen LogP contribution in [0.5, 0.6) is 0 Å². The van der Waals surface area contributed by atoms with Crippen LogP contribution in [0.3, 0.4) is 0 Å². The molecular weight excluding hydrogens is 371 g/mol. The van der Waals surface area contributed by atoms with Gasteiger partial charge in [-0.15, -0.1) is 0 Å². The van der Waals surface area contributed by atoms with Crippen LogP contribution in [-0.2, 0) is 15.8 Å². The Kier molecular flexibility index (Phi) is 6.10. The third-order valence-corrected chi connectivity index (χ3v) is 3.56. The van der Waals surface area contributed by atoms with Crippen LogP contribution in [0.4, 0.5) is 30.2 Å². The third kappa shape index (κ3) is 5.38. The largest absolute Gasteiger partial charge is 0.418 e. The van der Waals surface area contributed by atoms with E-state index in [1.165, 1.54) is 13.0 Å². The molecule has 0 fully saturated rings. The van der Waals surface area contributed by atoms with E-state index >= 15 is 0 Å². The molecule has 0 aliphatic heterocycles. The second-order valence-electron chi connectivity index (χ2n) is 5.32. The van der Waals surface area contributed by atoms with Crippen LogP contribution in [0.15, 0.2) is 42.5 Å². The van der Waals surface area contributed by atoms with E-state index in [2.05, 4.69) is 16.0 Å². The maximum Gasteiger partial charge on any atom is 0.418 e. The molecule has 0 aromatic heterocycles. The molecule has 138 valence electrons. The highest BCUT2D eigenvalue weighted by Crippen LogP contribution is 2.36. The van der Waals surface area contributed by atoms with Crippen molar-refractivity contribution in [3.05, 3.63) is 53.1 Å². The third-order valence-electron chi connectivity index (χ3n) is 3.23. The molecule has 0 aliphatic rings. The van der Waals surface area contributed by atoms with E-state index in [1.807, 2.05) is 0 Å². The van der Waals surface area contributed by atoms with E-state index in [1.54, 1.807) is 24.3 Å². The number of halogens is 4. The molecule has 0 unspecified atom stereocenters. The summed E-state index contributed by atoms with van der Waals surface area (Å²) in [6.07, 6.45) is -4.66. The lowest BCUT2D eigenvalue weighted by Crippen LogP contribution is -2.23. The van der Waals surface area contributed by atoms with Crippen molar-refractivity contribution in [2.45, 2.75) is 13.1 Å². The monoisotopic (exact) mass is 385 g/mol. The minimum absolute atomic E-state index is 0.0101. The van der Waals surface area contributed by atoms with Crippen LogP contribution in [0.1, 0.15) is 12.5 Å². The summed E-state index contributed by atoms with van der Waals surface area (Å²) in [6.45, 7) is 0.798. The van der Waals surface area contributed by atoms with Crippen molar-refractivity contribution in [2.75, 3.05) is 22.5 Å². The van der Waals surface area contributed by atoms with Gasteiger partial charge < -0.3 is 16.0 Å². The van der Waals surface area contributed by atoms with Crippen molar-refractivity contribution in [2.24, 2.45) is 0 Å². The molecule has 9 heteroatoms. The lowest BCUT2D eigenvalue weighted by atomic mass is 10.1. The molecule has 3 N–H and O–H groups in total. The first-order chi connectivity index (χ1) is 12.2. The lowest BCUT2D eigenvalue weighted by molar-refractivity contribution is -0.137. The number of nitrogens with one attached hydrogen (secondary N) is 3. The van der Waals surface area contributed by atoms with E-state index in [-0.39, 0.29) is 11.4 Å². The van der Waals surface area contributed by atoms with Gasteiger partial charge in [0.05, 0.1) is 22.8 Å². The smallest absolute Gasteiger partial charge is 0.376 e. The first kappa shape index (κ1) is 19.6. The summed E-state index contributed by atoms with van der Waals surface area (Å²) in [6, 6.07) is 9.76. The van der Waals surface area contributed by atoms with Crippen molar-refractivity contribution >= 4 is 40.5 Å². The molecule has 0 atom stereocenters. The zero-order valence-electron chi connectivity index (χ0n) is 13.6. The zero-order valence-corrected chi connectivity index (χ0v) is 14.3. The highest BCUT2D eigenvalue weighted by molar-refractivity contribution is 6.33. The standard InChI is InChI=1S/C17H15ClF3N3O2/c1-10(25)23-11-6-7-14(12(8-11)17(19,20)21)22-9-16(26)24-15-5-3-2-4-13(15)18/h2-8,22H,9H2,1H3,(H,23,25)(H,24,26).